The van der Waals surface area contributed by atoms with Crippen molar-refractivity contribution in [1.82, 2.24) is 0 Å². The molecular formula is C23H31NO. The second kappa shape index (κ2) is 8.53. The van der Waals surface area contributed by atoms with Crippen molar-refractivity contribution in [2.24, 2.45) is 11.7 Å². The molecule has 0 saturated carbocycles. The summed E-state index contributed by atoms with van der Waals surface area (Å²) >= 11 is 0. The van der Waals surface area contributed by atoms with Crippen molar-refractivity contribution in [3.63, 3.8) is 0 Å². The molecule has 1 aliphatic carbocycles. The number of hydrogen-bond donors (Lipinski definition) is 1. The van der Waals surface area contributed by atoms with Gasteiger partial charge in [-0.25, -0.2) is 0 Å². The molecule has 0 heterocycles. The average molecular weight is 338 g/mol. The van der Waals surface area contributed by atoms with Crippen molar-refractivity contribution in [1.29, 1.82) is 0 Å². The molecule has 25 heavy (non-hydrogen) atoms. The fourth-order valence-corrected chi connectivity index (χ4v) is 3.94. The molecule has 0 aliphatic heterocycles. The van der Waals surface area contributed by atoms with Gasteiger partial charge >= 0.3 is 0 Å². The Labute approximate surface area is 152 Å². The molecule has 0 aromatic heterocycles. The monoisotopic (exact) mass is 337 g/mol. The standard InChI is InChI=1S/C23H31NO/c1-3-6-22(15-24)21-12-11-19-13-18(9-10-20(19)14-21)16-25-23-8-5-4-7-17(23)2/h4-5,7-8,11-12,14,18,22H,3,6,9-10,13,15-16,24H2,1-2H3. The van der Waals surface area contributed by atoms with Crippen molar-refractivity contribution < 1.29 is 4.74 Å². The molecule has 2 unspecified atom stereocenters. The maximum absolute atomic E-state index is 6.09. The summed E-state index contributed by atoms with van der Waals surface area (Å²) in [5, 5.41) is 0. The minimum absolute atomic E-state index is 0.511. The molecule has 1 aliphatic rings. The number of aryl methyl sites for hydroxylation is 2. The van der Waals surface area contributed by atoms with Crippen LogP contribution in [-0.2, 0) is 12.8 Å². The first kappa shape index (κ1) is 18.0. The Morgan fingerprint density at radius 2 is 2.00 bits per heavy atom. The Morgan fingerprint density at radius 1 is 1.16 bits per heavy atom. The number of nitrogens with two attached hydrogens (primary N) is 1. The number of benzene rings is 2. The van der Waals surface area contributed by atoms with E-state index in [1.54, 1.807) is 0 Å². The van der Waals surface area contributed by atoms with Gasteiger partial charge in [-0.05, 0) is 79.3 Å². The highest BCUT2D eigenvalue weighted by atomic mass is 16.5. The van der Waals surface area contributed by atoms with Crippen LogP contribution < -0.4 is 10.5 Å². The topological polar surface area (TPSA) is 35.2 Å². The van der Waals surface area contributed by atoms with Crippen LogP contribution in [-0.4, -0.2) is 13.2 Å². The van der Waals surface area contributed by atoms with Gasteiger partial charge in [-0.2, -0.15) is 0 Å². The van der Waals surface area contributed by atoms with Gasteiger partial charge in [0, 0.05) is 0 Å². The molecule has 0 amide bonds. The lowest BCUT2D eigenvalue weighted by atomic mass is 9.82. The van der Waals surface area contributed by atoms with E-state index in [9.17, 15) is 0 Å². The normalized spacial score (nSPS) is 17.8. The van der Waals surface area contributed by atoms with Crippen LogP contribution in [0.5, 0.6) is 5.75 Å². The van der Waals surface area contributed by atoms with Crippen LogP contribution >= 0.6 is 0 Å². The molecule has 0 saturated heterocycles. The van der Waals surface area contributed by atoms with E-state index in [0.29, 0.717) is 11.8 Å². The smallest absolute Gasteiger partial charge is 0.122 e. The Morgan fingerprint density at radius 3 is 2.76 bits per heavy atom. The summed E-state index contributed by atoms with van der Waals surface area (Å²) in [5.74, 6) is 2.14. The van der Waals surface area contributed by atoms with E-state index in [1.165, 1.54) is 41.5 Å². The molecule has 2 heteroatoms. The van der Waals surface area contributed by atoms with E-state index in [-0.39, 0.29) is 0 Å². The first-order valence-electron chi connectivity index (χ1n) is 9.71. The summed E-state index contributed by atoms with van der Waals surface area (Å²) in [6.07, 6.45) is 5.87. The van der Waals surface area contributed by atoms with Crippen LogP contribution in [0, 0.1) is 12.8 Å². The highest BCUT2D eigenvalue weighted by molar-refractivity contribution is 5.36. The van der Waals surface area contributed by atoms with Gasteiger partial charge in [0.25, 0.3) is 0 Å². The Bertz CT molecular complexity index is 694. The summed E-state index contributed by atoms with van der Waals surface area (Å²) in [6.45, 7) is 5.91. The van der Waals surface area contributed by atoms with Crippen molar-refractivity contribution >= 4 is 0 Å². The summed E-state index contributed by atoms with van der Waals surface area (Å²) in [7, 11) is 0. The lowest BCUT2D eigenvalue weighted by Crippen LogP contribution is -2.21. The third-order valence-electron chi connectivity index (χ3n) is 5.52. The highest BCUT2D eigenvalue weighted by Gasteiger charge is 2.21. The van der Waals surface area contributed by atoms with E-state index in [2.05, 4.69) is 50.2 Å². The Kier molecular flexibility index (Phi) is 6.14. The zero-order valence-electron chi connectivity index (χ0n) is 15.6. The first-order valence-corrected chi connectivity index (χ1v) is 9.71. The lowest BCUT2D eigenvalue weighted by Gasteiger charge is -2.26. The molecule has 3 rings (SSSR count). The van der Waals surface area contributed by atoms with Crippen molar-refractivity contribution in [2.45, 2.75) is 51.9 Å². The van der Waals surface area contributed by atoms with Crippen LogP contribution in [0.25, 0.3) is 0 Å². The van der Waals surface area contributed by atoms with E-state index in [0.717, 1.165) is 31.7 Å². The Hall–Kier alpha value is -1.80. The molecule has 0 fully saturated rings. The number of fused-ring (bicyclic) bond motifs is 1. The van der Waals surface area contributed by atoms with Gasteiger partial charge in [-0.15, -0.1) is 0 Å². The molecule has 0 bridgehead atoms. The summed E-state index contributed by atoms with van der Waals surface area (Å²) in [4.78, 5) is 0. The van der Waals surface area contributed by atoms with E-state index >= 15 is 0 Å². The van der Waals surface area contributed by atoms with E-state index < -0.39 is 0 Å². The van der Waals surface area contributed by atoms with E-state index in [4.69, 9.17) is 10.5 Å². The molecule has 2 aromatic rings. The largest absolute Gasteiger partial charge is 0.493 e. The first-order chi connectivity index (χ1) is 12.2. The number of rotatable bonds is 7. The zero-order valence-corrected chi connectivity index (χ0v) is 15.6. The quantitative estimate of drug-likeness (QED) is 0.770. The van der Waals surface area contributed by atoms with Gasteiger partial charge in [0.1, 0.15) is 5.75 Å². The predicted octanol–water partition coefficient (Wildman–Crippen LogP) is 5.02. The fraction of sp³-hybridized carbons (Fsp3) is 0.478. The number of ether oxygens (including phenoxy) is 1. The minimum atomic E-state index is 0.511. The van der Waals surface area contributed by atoms with Gasteiger partial charge in [0.2, 0.25) is 0 Å². The molecule has 2 atom stereocenters. The summed E-state index contributed by atoms with van der Waals surface area (Å²) < 4.78 is 6.09. The fourth-order valence-electron chi connectivity index (χ4n) is 3.94. The number of hydrogen-bond acceptors (Lipinski definition) is 2. The molecule has 0 radical (unpaired) electrons. The van der Waals surface area contributed by atoms with Gasteiger partial charge in [0.05, 0.1) is 6.61 Å². The predicted molar refractivity (Wildman–Crippen MR) is 105 cm³/mol. The van der Waals surface area contributed by atoms with Gasteiger partial charge < -0.3 is 10.5 Å². The van der Waals surface area contributed by atoms with Gasteiger partial charge in [-0.3, -0.25) is 0 Å². The highest BCUT2D eigenvalue weighted by Crippen LogP contribution is 2.30. The molecular weight excluding hydrogens is 306 g/mol. The third-order valence-corrected chi connectivity index (χ3v) is 5.52. The molecule has 2 N–H and O–H groups in total. The lowest BCUT2D eigenvalue weighted by molar-refractivity contribution is 0.233. The van der Waals surface area contributed by atoms with Crippen LogP contribution in [0.4, 0.5) is 0 Å². The van der Waals surface area contributed by atoms with E-state index in [1.807, 2.05) is 6.07 Å². The molecule has 2 nitrogen and oxygen atoms in total. The van der Waals surface area contributed by atoms with Crippen LogP contribution in [0.2, 0.25) is 0 Å². The minimum Gasteiger partial charge on any atom is -0.493 e. The number of para-hydroxylation sites is 1. The summed E-state index contributed by atoms with van der Waals surface area (Å²) in [5.41, 5.74) is 11.7. The maximum atomic E-state index is 6.09. The SMILES string of the molecule is CCCC(CN)c1ccc2c(c1)CCC(COc1ccccc1C)C2. The van der Waals surface area contributed by atoms with Crippen molar-refractivity contribution in [3.05, 3.63) is 64.7 Å². The van der Waals surface area contributed by atoms with Crippen molar-refractivity contribution in [3.8, 4) is 5.75 Å². The Balaban J connectivity index is 1.63. The van der Waals surface area contributed by atoms with Crippen molar-refractivity contribution in [2.75, 3.05) is 13.2 Å². The zero-order chi connectivity index (χ0) is 17.6. The van der Waals surface area contributed by atoms with Gasteiger partial charge in [0.15, 0.2) is 0 Å². The third kappa shape index (κ3) is 4.43. The van der Waals surface area contributed by atoms with Crippen LogP contribution in [0.15, 0.2) is 42.5 Å². The average Bonchev–Trinajstić information content (AvgIpc) is 2.65. The van der Waals surface area contributed by atoms with Gasteiger partial charge in [-0.1, -0.05) is 49.7 Å². The maximum Gasteiger partial charge on any atom is 0.122 e. The second-order valence-electron chi connectivity index (χ2n) is 7.43. The summed E-state index contributed by atoms with van der Waals surface area (Å²) in [6, 6.07) is 15.3. The molecule has 0 spiro atoms. The second-order valence-corrected chi connectivity index (χ2v) is 7.43. The van der Waals surface area contributed by atoms with Crippen LogP contribution in [0.1, 0.15) is 54.4 Å². The van der Waals surface area contributed by atoms with Crippen LogP contribution in [0.3, 0.4) is 0 Å². The molecule has 2 aromatic carbocycles. The molecule has 134 valence electrons.